The molecule has 0 saturated carbocycles. The van der Waals surface area contributed by atoms with Crippen LogP contribution >= 0.6 is 0 Å². The molecule has 27 heavy (non-hydrogen) atoms. The molecule has 1 saturated heterocycles. The van der Waals surface area contributed by atoms with Gasteiger partial charge in [-0.2, -0.15) is 8.78 Å². The zero-order valence-corrected chi connectivity index (χ0v) is 15.5. The summed E-state index contributed by atoms with van der Waals surface area (Å²) in [6.45, 7) is 2.20. The molecular formula is C16H21F2N3O5S. The van der Waals surface area contributed by atoms with Crippen molar-refractivity contribution >= 4 is 26.6 Å². The van der Waals surface area contributed by atoms with Crippen LogP contribution in [-0.2, 0) is 24.3 Å². The number of halogens is 2. The molecule has 0 atom stereocenters. The summed E-state index contributed by atoms with van der Waals surface area (Å²) in [5, 5.41) is 1.34. The molecule has 3 N–H and O–H groups in total. The number of carbonyl (C=O) groups excluding carboxylic acids is 1. The fourth-order valence-electron chi connectivity index (χ4n) is 2.29. The molecule has 1 heterocycles. The number of hydrogen-bond donors (Lipinski definition) is 2. The van der Waals surface area contributed by atoms with Gasteiger partial charge in [-0.1, -0.05) is 12.1 Å². The van der Waals surface area contributed by atoms with Gasteiger partial charge in [0.05, 0.1) is 24.7 Å². The Labute approximate surface area is 155 Å². The molecule has 0 bridgehead atoms. The summed E-state index contributed by atoms with van der Waals surface area (Å²) in [7, 11) is -4.42. The van der Waals surface area contributed by atoms with E-state index in [2.05, 4.69) is 9.57 Å². The van der Waals surface area contributed by atoms with Crippen LogP contribution in [0.5, 0.6) is 0 Å². The van der Waals surface area contributed by atoms with Crippen molar-refractivity contribution in [2.24, 2.45) is 0 Å². The van der Waals surface area contributed by atoms with Crippen LogP contribution in [0.25, 0.3) is 4.91 Å². The normalized spacial score (nSPS) is 16.9. The smallest absolute Gasteiger partial charge is 0.381 e. The van der Waals surface area contributed by atoms with Crippen molar-refractivity contribution in [1.82, 2.24) is 9.84 Å². The average Bonchev–Trinajstić information content (AvgIpc) is 2.61. The highest BCUT2D eigenvalue weighted by Crippen LogP contribution is 2.28. The quantitative estimate of drug-likeness (QED) is 0.514. The summed E-state index contributed by atoms with van der Waals surface area (Å²) in [6, 6.07) is 5.30. The predicted molar refractivity (Wildman–Crippen MR) is 94.9 cm³/mol. The molecule has 0 aromatic heterocycles. The van der Waals surface area contributed by atoms with Crippen LogP contribution in [0.4, 0.5) is 14.5 Å². The lowest BCUT2D eigenvalue weighted by Crippen LogP contribution is -2.48. The Morgan fingerprint density at radius 3 is 2.48 bits per heavy atom. The molecule has 11 heteroatoms. The van der Waals surface area contributed by atoms with Gasteiger partial charge < -0.3 is 15.2 Å². The summed E-state index contributed by atoms with van der Waals surface area (Å²) >= 11 is 0. The number of carbonyl (C=O) groups is 1. The molecule has 1 aliphatic heterocycles. The van der Waals surface area contributed by atoms with Crippen LogP contribution in [0.3, 0.4) is 0 Å². The molecule has 8 nitrogen and oxygen atoms in total. The molecule has 1 aliphatic rings. The molecule has 0 amide bonds. The van der Waals surface area contributed by atoms with Gasteiger partial charge in [-0.25, -0.2) is 18.2 Å². The van der Waals surface area contributed by atoms with E-state index in [0.29, 0.717) is 18.9 Å². The van der Waals surface area contributed by atoms with Crippen molar-refractivity contribution in [2.75, 3.05) is 38.6 Å². The van der Waals surface area contributed by atoms with E-state index < -0.39 is 26.8 Å². The lowest BCUT2D eigenvalue weighted by atomic mass is 10.1. The number of nitrogens with zero attached hydrogens (tertiary/aromatic N) is 1. The molecule has 150 valence electrons. The molecule has 0 spiro atoms. The Morgan fingerprint density at radius 2 is 1.93 bits per heavy atom. The largest absolute Gasteiger partial charge is 0.461 e. The van der Waals surface area contributed by atoms with Crippen molar-refractivity contribution in [3.8, 4) is 0 Å². The fourth-order valence-corrected chi connectivity index (χ4v) is 3.66. The first-order valence-electron chi connectivity index (χ1n) is 8.14. The van der Waals surface area contributed by atoms with Gasteiger partial charge in [0.15, 0.2) is 0 Å². The Hall–Kier alpha value is -2.08. The second kappa shape index (κ2) is 8.74. The number of esters is 1. The van der Waals surface area contributed by atoms with Crippen molar-refractivity contribution in [3.63, 3.8) is 0 Å². The molecule has 0 aliphatic carbocycles. The minimum Gasteiger partial charge on any atom is -0.461 e. The van der Waals surface area contributed by atoms with E-state index in [1.165, 1.54) is 36.2 Å². The number of alkyl halides is 2. The van der Waals surface area contributed by atoms with Crippen LogP contribution in [0.15, 0.2) is 30.3 Å². The molecule has 1 aromatic carbocycles. The highest BCUT2D eigenvalue weighted by Gasteiger charge is 2.41. The van der Waals surface area contributed by atoms with Gasteiger partial charge in [0.2, 0.25) is 0 Å². The Balaban J connectivity index is 2.44. The van der Waals surface area contributed by atoms with Crippen LogP contribution in [0.1, 0.15) is 12.5 Å². The number of ether oxygens (including phenoxy) is 2. The first kappa shape index (κ1) is 21.2. The van der Waals surface area contributed by atoms with Crippen LogP contribution in [0, 0.1) is 0 Å². The molecule has 1 fully saturated rings. The van der Waals surface area contributed by atoms with Crippen molar-refractivity contribution in [3.05, 3.63) is 35.9 Å². The van der Waals surface area contributed by atoms with E-state index in [4.69, 9.17) is 10.5 Å². The maximum atomic E-state index is 14.2. The standard InChI is InChI=1S/C16H21F2N3O5S/c1-2-26-15(22)16(17,18)11-14(12-3-5-13(19)6-4-12)27(23,24)20-21-7-9-25-10-8-21/h3-6,11,20H,2,7-10,19H2,1H3/b14-11+. The third kappa shape index (κ3) is 5.70. The number of nitrogen functional groups attached to an aromatic ring is 1. The van der Waals surface area contributed by atoms with Gasteiger partial charge in [-0.05, 0) is 24.6 Å². The second-order valence-electron chi connectivity index (χ2n) is 5.67. The van der Waals surface area contributed by atoms with Gasteiger partial charge in [-0.15, -0.1) is 4.83 Å². The fraction of sp³-hybridized carbons (Fsp3) is 0.438. The van der Waals surface area contributed by atoms with Crippen LogP contribution in [0.2, 0.25) is 0 Å². The number of benzene rings is 1. The number of nitrogens with one attached hydrogen (secondary N) is 1. The lowest BCUT2D eigenvalue weighted by molar-refractivity contribution is -0.164. The van der Waals surface area contributed by atoms with E-state index in [1.54, 1.807) is 0 Å². The zero-order valence-electron chi connectivity index (χ0n) is 14.7. The Morgan fingerprint density at radius 1 is 1.33 bits per heavy atom. The average molecular weight is 405 g/mol. The van der Waals surface area contributed by atoms with Crippen molar-refractivity contribution in [1.29, 1.82) is 0 Å². The zero-order chi connectivity index (χ0) is 20.1. The summed E-state index contributed by atoms with van der Waals surface area (Å²) < 4.78 is 63.4. The Kier molecular flexibility index (Phi) is 6.87. The number of anilines is 1. The molecule has 1 aromatic rings. The number of sulfonamides is 1. The van der Waals surface area contributed by atoms with Gasteiger partial charge in [0.1, 0.15) is 0 Å². The van der Waals surface area contributed by atoms with E-state index in [0.717, 1.165) is 0 Å². The highest BCUT2D eigenvalue weighted by molar-refractivity contribution is 7.98. The van der Waals surface area contributed by atoms with Gasteiger partial charge in [0, 0.05) is 24.9 Å². The maximum absolute atomic E-state index is 14.2. The number of hydrogen-bond acceptors (Lipinski definition) is 7. The summed E-state index contributed by atoms with van der Waals surface area (Å²) in [4.78, 5) is 13.0. The van der Waals surface area contributed by atoms with E-state index in [9.17, 15) is 22.0 Å². The number of rotatable bonds is 7. The Bertz CT molecular complexity index is 791. The van der Waals surface area contributed by atoms with E-state index >= 15 is 0 Å². The van der Waals surface area contributed by atoms with Crippen LogP contribution < -0.4 is 10.6 Å². The summed E-state index contributed by atoms with van der Waals surface area (Å²) in [5.74, 6) is -5.97. The van der Waals surface area contributed by atoms with Gasteiger partial charge in [0.25, 0.3) is 10.0 Å². The second-order valence-corrected chi connectivity index (χ2v) is 7.30. The first-order chi connectivity index (χ1) is 12.7. The maximum Gasteiger partial charge on any atom is 0.381 e. The first-order valence-corrected chi connectivity index (χ1v) is 9.63. The third-order valence-electron chi connectivity index (χ3n) is 3.61. The number of hydrazine groups is 1. The van der Waals surface area contributed by atoms with E-state index in [-0.39, 0.29) is 31.3 Å². The SMILES string of the molecule is CCOC(=O)C(F)(F)/C=C(\c1ccc(N)cc1)S(=O)(=O)NN1CCOCC1. The highest BCUT2D eigenvalue weighted by atomic mass is 32.2. The van der Waals surface area contributed by atoms with Crippen molar-refractivity contribution in [2.45, 2.75) is 12.8 Å². The topological polar surface area (TPSA) is 111 Å². The summed E-state index contributed by atoms with van der Waals surface area (Å²) in [6.07, 6.45) is 0.0826. The predicted octanol–water partition coefficient (Wildman–Crippen LogP) is 0.975. The number of nitrogens with two attached hydrogens (primary N) is 1. The molecule has 0 unspecified atom stereocenters. The van der Waals surface area contributed by atoms with Gasteiger partial charge >= 0.3 is 11.9 Å². The van der Waals surface area contributed by atoms with Crippen LogP contribution in [-0.4, -0.2) is 58.2 Å². The van der Waals surface area contributed by atoms with Crippen molar-refractivity contribution < 1.29 is 31.5 Å². The van der Waals surface area contributed by atoms with Gasteiger partial charge in [-0.3, -0.25) is 0 Å². The molecule has 2 rings (SSSR count). The minimum absolute atomic E-state index is 0.0473. The van der Waals surface area contributed by atoms with E-state index in [1.807, 2.05) is 0 Å². The minimum atomic E-state index is -4.42. The number of morpholine rings is 1. The summed E-state index contributed by atoms with van der Waals surface area (Å²) in [5.41, 5.74) is 5.85. The third-order valence-corrected chi connectivity index (χ3v) is 5.04. The monoisotopic (exact) mass is 405 g/mol. The lowest BCUT2D eigenvalue weighted by Gasteiger charge is -2.27. The molecule has 0 radical (unpaired) electrons. The molecular weight excluding hydrogens is 384 g/mol.